The Bertz CT molecular complexity index is 514. The summed E-state index contributed by atoms with van der Waals surface area (Å²) in [6, 6.07) is 4.25. The van der Waals surface area contributed by atoms with E-state index in [-0.39, 0.29) is 21.9 Å². The molecule has 0 bridgehead atoms. The number of sulfonamides is 1. The normalized spacial score (nSPS) is 13.7. The van der Waals surface area contributed by atoms with Gasteiger partial charge in [0.1, 0.15) is 5.75 Å². The minimum Gasteiger partial charge on any atom is -0.495 e. The van der Waals surface area contributed by atoms with Crippen LogP contribution in [0.2, 0.25) is 5.02 Å². The Kier molecular flexibility index (Phi) is 5.01. The van der Waals surface area contributed by atoms with E-state index in [0.29, 0.717) is 5.75 Å². The first kappa shape index (κ1) is 15.3. The number of halogens is 1. The molecular formula is C12H18ClNO3S. The summed E-state index contributed by atoms with van der Waals surface area (Å²) in [6.45, 7) is 5.73. The number of hydrogen-bond acceptors (Lipinski definition) is 3. The Morgan fingerprint density at radius 1 is 1.28 bits per heavy atom. The lowest BCUT2D eigenvalue weighted by Gasteiger charge is -2.17. The van der Waals surface area contributed by atoms with Gasteiger partial charge in [-0.1, -0.05) is 25.4 Å². The maximum Gasteiger partial charge on any atom is 0.240 e. The van der Waals surface area contributed by atoms with E-state index in [1.165, 1.54) is 25.3 Å². The summed E-state index contributed by atoms with van der Waals surface area (Å²) in [5.74, 6) is 0.668. The molecular weight excluding hydrogens is 274 g/mol. The molecule has 18 heavy (non-hydrogen) atoms. The summed E-state index contributed by atoms with van der Waals surface area (Å²) >= 11 is 5.92. The van der Waals surface area contributed by atoms with Crippen LogP contribution < -0.4 is 9.46 Å². The van der Waals surface area contributed by atoms with Crippen molar-refractivity contribution >= 4 is 21.6 Å². The minimum atomic E-state index is -3.54. The molecule has 1 rings (SSSR count). The van der Waals surface area contributed by atoms with Crippen molar-refractivity contribution < 1.29 is 13.2 Å². The summed E-state index contributed by atoms with van der Waals surface area (Å²) < 4.78 is 31.8. The standard InChI is InChI=1S/C12H18ClNO3S/c1-8(2)9(3)14-18(15,16)10-5-6-12(17-4)11(13)7-10/h5-9,14H,1-4H3/t9-/m0/s1. The first-order chi connectivity index (χ1) is 8.27. The van der Waals surface area contributed by atoms with Crippen LogP contribution in [0.1, 0.15) is 20.8 Å². The van der Waals surface area contributed by atoms with Crippen molar-refractivity contribution in [3.05, 3.63) is 23.2 Å². The van der Waals surface area contributed by atoms with Crippen LogP contribution >= 0.6 is 11.6 Å². The molecule has 4 nitrogen and oxygen atoms in total. The molecule has 0 aliphatic heterocycles. The van der Waals surface area contributed by atoms with Gasteiger partial charge >= 0.3 is 0 Å². The van der Waals surface area contributed by atoms with E-state index in [1.807, 2.05) is 20.8 Å². The van der Waals surface area contributed by atoms with Gasteiger partial charge in [0.15, 0.2) is 0 Å². The third-order valence-corrected chi connectivity index (χ3v) is 4.63. The smallest absolute Gasteiger partial charge is 0.240 e. The minimum absolute atomic E-state index is 0.140. The fraction of sp³-hybridized carbons (Fsp3) is 0.500. The second kappa shape index (κ2) is 5.91. The van der Waals surface area contributed by atoms with Crippen LogP contribution in [0.3, 0.4) is 0 Å². The lowest BCUT2D eigenvalue weighted by molar-refractivity contribution is 0.414. The molecule has 102 valence electrons. The van der Waals surface area contributed by atoms with Crippen LogP contribution in [0.25, 0.3) is 0 Å². The van der Waals surface area contributed by atoms with Crippen molar-refractivity contribution in [3.8, 4) is 5.75 Å². The zero-order chi connectivity index (χ0) is 13.9. The molecule has 0 aliphatic rings. The van der Waals surface area contributed by atoms with Gasteiger partial charge in [-0.05, 0) is 31.0 Å². The van der Waals surface area contributed by atoms with E-state index < -0.39 is 10.0 Å². The van der Waals surface area contributed by atoms with E-state index in [4.69, 9.17) is 16.3 Å². The molecule has 0 unspecified atom stereocenters. The third-order valence-electron chi connectivity index (χ3n) is 2.77. The molecule has 0 fully saturated rings. The lowest BCUT2D eigenvalue weighted by Crippen LogP contribution is -2.36. The lowest BCUT2D eigenvalue weighted by atomic mass is 10.1. The van der Waals surface area contributed by atoms with Crippen LogP contribution in [0.5, 0.6) is 5.75 Å². The van der Waals surface area contributed by atoms with Gasteiger partial charge in [0.25, 0.3) is 0 Å². The molecule has 0 aliphatic carbocycles. The molecule has 0 aromatic heterocycles. The molecule has 0 amide bonds. The fourth-order valence-corrected chi connectivity index (χ4v) is 3.00. The first-order valence-electron chi connectivity index (χ1n) is 5.64. The summed E-state index contributed by atoms with van der Waals surface area (Å²) in [5, 5.41) is 0.276. The molecule has 0 saturated carbocycles. The quantitative estimate of drug-likeness (QED) is 0.907. The zero-order valence-corrected chi connectivity index (χ0v) is 12.5. The molecule has 1 aromatic carbocycles. The zero-order valence-electron chi connectivity index (χ0n) is 10.9. The predicted octanol–water partition coefficient (Wildman–Crippen LogP) is 2.67. The van der Waals surface area contributed by atoms with Crippen molar-refractivity contribution in [2.45, 2.75) is 31.7 Å². The van der Waals surface area contributed by atoms with Gasteiger partial charge < -0.3 is 4.74 Å². The number of rotatable bonds is 5. The molecule has 0 saturated heterocycles. The van der Waals surface area contributed by atoms with E-state index in [0.717, 1.165) is 0 Å². The highest BCUT2D eigenvalue weighted by Gasteiger charge is 2.20. The second-order valence-corrected chi connectivity index (χ2v) is 6.57. The Hall–Kier alpha value is -0.780. The largest absolute Gasteiger partial charge is 0.495 e. The molecule has 1 aromatic rings. The Morgan fingerprint density at radius 3 is 2.33 bits per heavy atom. The second-order valence-electron chi connectivity index (χ2n) is 4.45. The predicted molar refractivity (Wildman–Crippen MR) is 72.6 cm³/mol. The summed E-state index contributed by atoms with van der Waals surface area (Å²) in [4.78, 5) is 0.140. The highest BCUT2D eigenvalue weighted by molar-refractivity contribution is 7.89. The average molecular weight is 292 g/mol. The number of benzene rings is 1. The van der Waals surface area contributed by atoms with Crippen LogP contribution in [0.15, 0.2) is 23.1 Å². The van der Waals surface area contributed by atoms with Gasteiger partial charge in [-0.3, -0.25) is 0 Å². The Labute approximate surface area is 113 Å². The van der Waals surface area contributed by atoms with Crippen LogP contribution in [0.4, 0.5) is 0 Å². The van der Waals surface area contributed by atoms with E-state index in [2.05, 4.69) is 4.72 Å². The van der Waals surface area contributed by atoms with E-state index >= 15 is 0 Å². The number of hydrogen-bond donors (Lipinski definition) is 1. The molecule has 1 N–H and O–H groups in total. The highest BCUT2D eigenvalue weighted by Crippen LogP contribution is 2.27. The molecule has 6 heteroatoms. The van der Waals surface area contributed by atoms with Gasteiger partial charge in [-0.2, -0.15) is 0 Å². The van der Waals surface area contributed by atoms with Crippen molar-refractivity contribution in [1.29, 1.82) is 0 Å². The summed E-state index contributed by atoms with van der Waals surface area (Å²) in [7, 11) is -2.06. The van der Waals surface area contributed by atoms with Crippen molar-refractivity contribution in [1.82, 2.24) is 4.72 Å². The highest BCUT2D eigenvalue weighted by atomic mass is 35.5. The van der Waals surface area contributed by atoms with E-state index in [9.17, 15) is 8.42 Å². The molecule has 0 heterocycles. The summed E-state index contributed by atoms with van der Waals surface area (Å²) in [5.41, 5.74) is 0. The van der Waals surface area contributed by atoms with E-state index in [1.54, 1.807) is 0 Å². The SMILES string of the molecule is COc1ccc(S(=O)(=O)N[C@@H](C)C(C)C)cc1Cl. The molecule has 0 spiro atoms. The topological polar surface area (TPSA) is 55.4 Å². The fourth-order valence-electron chi connectivity index (χ4n) is 1.26. The number of ether oxygens (including phenoxy) is 1. The van der Waals surface area contributed by atoms with Gasteiger partial charge in [0.05, 0.1) is 17.0 Å². The molecule has 0 radical (unpaired) electrons. The maximum absolute atomic E-state index is 12.1. The monoisotopic (exact) mass is 291 g/mol. The van der Waals surface area contributed by atoms with Gasteiger partial charge in [0, 0.05) is 6.04 Å². The van der Waals surface area contributed by atoms with Gasteiger partial charge in [0.2, 0.25) is 10.0 Å². The Morgan fingerprint density at radius 2 is 1.89 bits per heavy atom. The Balaban J connectivity index is 3.02. The average Bonchev–Trinajstić information content (AvgIpc) is 2.28. The van der Waals surface area contributed by atoms with Gasteiger partial charge in [-0.15, -0.1) is 0 Å². The maximum atomic E-state index is 12.1. The van der Waals surface area contributed by atoms with Crippen molar-refractivity contribution in [2.75, 3.05) is 7.11 Å². The first-order valence-corrected chi connectivity index (χ1v) is 7.50. The third kappa shape index (κ3) is 3.60. The van der Waals surface area contributed by atoms with Crippen molar-refractivity contribution in [3.63, 3.8) is 0 Å². The van der Waals surface area contributed by atoms with Crippen LogP contribution in [-0.4, -0.2) is 21.6 Å². The van der Waals surface area contributed by atoms with Crippen LogP contribution in [-0.2, 0) is 10.0 Å². The van der Waals surface area contributed by atoms with Crippen molar-refractivity contribution in [2.24, 2.45) is 5.92 Å². The van der Waals surface area contributed by atoms with Gasteiger partial charge in [-0.25, -0.2) is 13.1 Å². The number of nitrogens with one attached hydrogen (secondary N) is 1. The number of methoxy groups -OCH3 is 1. The van der Waals surface area contributed by atoms with Crippen LogP contribution in [0, 0.1) is 5.92 Å². The molecule has 1 atom stereocenters. The summed E-state index contributed by atoms with van der Waals surface area (Å²) in [6.07, 6.45) is 0.